The van der Waals surface area contributed by atoms with Crippen molar-refractivity contribution in [1.29, 1.82) is 0 Å². The Kier molecular flexibility index (Phi) is 4.20. The lowest BCUT2D eigenvalue weighted by Crippen LogP contribution is -2.27. The van der Waals surface area contributed by atoms with Gasteiger partial charge in [0.15, 0.2) is 0 Å². The lowest BCUT2D eigenvalue weighted by Gasteiger charge is -2.23. The van der Waals surface area contributed by atoms with Crippen LogP contribution in [0.25, 0.3) is 0 Å². The van der Waals surface area contributed by atoms with E-state index in [1.54, 1.807) is 0 Å². The van der Waals surface area contributed by atoms with Gasteiger partial charge in [-0.25, -0.2) is 4.98 Å². The Morgan fingerprint density at radius 2 is 2.53 bits per heavy atom. The van der Waals surface area contributed by atoms with E-state index in [2.05, 4.69) is 21.4 Å². The Bertz CT molecular complexity index is 367. The molecule has 0 aromatic carbocycles. The zero-order valence-electron chi connectivity index (χ0n) is 10.5. The van der Waals surface area contributed by atoms with Crippen LogP contribution in [0.2, 0.25) is 0 Å². The Morgan fingerprint density at radius 3 is 3.24 bits per heavy atom. The fourth-order valence-electron chi connectivity index (χ4n) is 2.14. The Labute approximate surface area is 103 Å². The number of hydrogen-bond acceptors (Lipinski definition) is 3. The third kappa shape index (κ3) is 3.33. The summed E-state index contributed by atoms with van der Waals surface area (Å²) in [4.78, 5) is 4.46. The second kappa shape index (κ2) is 5.87. The minimum absolute atomic E-state index is 0.331. The minimum Gasteiger partial charge on any atom is -0.376 e. The molecule has 0 radical (unpaired) electrons. The summed E-state index contributed by atoms with van der Waals surface area (Å²) < 4.78 is 7.76. The summed E-state index contributed by atoms with van der Waals surface area (Å²) >= 11 is 0. The summed E-state index contributed by atoms with van der Waals surface area (Å²) in [6.07, 6.45) is 7.86. The van der Waals surface area contributed by atoms with Gasteiger partial charge in [-0.1, -0.05) is 6.08 Å². The van der Waals surface area contributed by atoms with Crippen LogP contribution in [0.1, 0.15) is 25.0 Å². The lowest BCUT2D eigenvalue weighted by atomic mass is 10.1. The predicted octanol–water partition coefficient (Wildman–Crippen LogP) is 2.36. The van der Waals surface area contributed by atoms with Gasteiger partial charge in [-0.2, -0.15) is 0 Å². The molecule has 1 aliphatic heterocycles. The predicted molar refractivity (Wildman–Crippen MR) is 69.2 cm³/mol. The highest BCUT2D eigenvalue weighted by Gasteiger charge is 2.14. The number of hydrogen-bond donors (Lipinski definition) is 1. The second-order valence-electron chi connectivity index (χ2n) is 4.52. The van der Waals surface area contributed by atoms with Gasteiger partial charge in [0, 0.05) is 25.9 Å². The molecule has 0 amide bonds. The van der Waals surface area contributed by atoms with Gasteiger partial charge in [0.2, 0.25) is 5.95 Å². The SMILES string of the molecule is C=CCn1cc(C)nc1NCC1CCCCO1. The standard InChI is InChI=1S/C13H21N3O/c1-3-7-16-10-11(2)15-13(16)14-9-12-6-4-5-8-17-12/h3,10,12H,1,4-9H2,2H3,(H,14,15). The van der Waals surface area contributed by atoms with Crippen LogP contribution < -0.4 is 5.32 Å². The van der Waals surface area contributed by atoms with Crippen molar-refractivity contribution in [2.45, 2.75) is 38.8 Å². The maximum absolute atomic E-state index is 5.69. The van der Waals surface area contributed by atoms with Crippen molar-refractivity contribution in [3.8, 4) is 0 Å². The molecule has 94 valence electrons. The highest BCUT2D eigenvalue weighted by molar-refractivity contribution is 5.29. The second-order valence-corrected chi connectivity index (χ2v) is 4.52. The maximum Gasteiger partial charge on any atom is 0.203 e. The topological polar surface area (TPSA) is 39.1 Å². The van der Waals surface area contributed by atoms with Crippen LogP contribution in [-0.4, -0.2) is 28.8 Å². The van der Waals surface area contributed by atoms with Gasteiger partial charge in [-0.3, -0.25) is 0 Å². The molecule has 1 atom stereocenters. The number of nitrogens with zero attached hydrogens (tertiary/aromatic N) is 2. The lowest BCUT2D eigenvalue weighted by molar-refractivity contribution is 0.0246. The first-order chi connectivity index (χ1) is 8.29. The van der Waals surface area contributed by atoms with Crippen LogP contribution in [-0.2, 0) is 11.3 Å². The van der Waals surface area contributed by atoms with Crippen LogP contribution in [0.5, 0.6) is 0 Å². The summed E-state index contributed by atoms with van der Waals surface area (Å²) in [5, 5.41) is 3.37. The first-order valence-corrected chi connectivity index (χ1v) is 6.29. The van der Waals surface area contributed by atoms with Gasteiger partial charge in [0.25, 0.3) is 0 Å². The highest BCUT2D eigenvalue weighted by Crippen LogP contribution is 2.14. The minimum atomic E-state index is 0.331. The molecule has 0 bridgehead atoms. The van der Waals surface area contributed by atoms with Crippen molar-refractivity contribution in [3.63, 3.8) is 0 Å². The number of anilines is 1. The van der Waals surface area contributed by atoms with Crippen LogP contribution in [0.4, 0.5) is 5.95 Å². The number of rotatable bonds is 5. The average Bonchev–Trinajstić information content (AvgIpc) is 2.69. The number of allylic oxidation sites excluding steroid dienone is 1. The van der Waals surface area contributed by atoms with Crippen molar-refractivity contribution in [2.75, 3.05) is 18.5 Å². The smallest absolute Gasteiger partial charge is 0.203 e. The van der Waals surface area contributed by atoms with E-state index in [1.165, 1.54) is 12.8 Å². The van der Waals surface area contributed by atoms with Gasteiger partial charge in [0.05, 0.1) is 11.8 Å². The molecular weight excluding hydrogens is 214 g/mol. The van der Waals surface area contributed by atoms with E-state index in [9.17, 15) is 0 Å². The molecule has 17 heavy (non-hydrogen) atoms. The van der Waals surface area contributed by atoms with E-state index >= 15 is 0 Å². The molecule has 1 saturated heterocycles. The van der Waals surface area contributed by atoms with Gasteiger partial charge < -0.3 is 14.6 Å². The Balaban J connectivity index is 1.90. The van der Waals surface area contributed by atoms with E-state index in [0.29, 0.717) is 6.10 Å². The van der Waals surface area contributed by atoms with E-state index < -0.39 is 0 Å². The maximum atomic E-state index is 5.69. The molecular formula is C13H21N3O. The first kappa shape index (κ1) is 12.2. The zero-order chi connectivity index (χ0) is 12.1. The number of imidazole rings is 1. The first-order valence-electron chi connectivity index (χ1n) is 6.29. The Morgan fingerprint density at radius 1 is 1.65 bits per heavy atom. The van der Waals surface area contributed by atoms with E-state index in [0.717, 1.165) is 37.8 Å². The van der Waals surface area contributed by atoms with Crippen molar-refractivity contribution in [2.24, 2.45) is 0 Å². The molecule has 2 heterocycles. The molecule has 1 aromatic heterocycles. The molecule has 1 aromatic rings. The van der Waals surface area contributed by atoms with Crippen LogP contribution >= 0.6 is 0 Å². The van der Waals surface area contributed by atoms with E-state index in [-0.39, 0.29) is 0 Å². The summed E-state index contributed by atoms with van der Waals surface area (Å²) in [7, 11) is 0. The normalized spacial score (nSPS) is 20.2. The van der Waals surface area contributed by atoms with Gasteiger partial charge in [0.1, 0.15) is 0 Å². The molecule has 0 aliphatic carbocycles. The highest BCUT2D eigenvalue weighted by atomic mass is 16.5. The monoisotopic (exact) mass is 235 g/mol. The summed E-state index contributed by atoms with van der Waals surface area (Å²) in [6, 6.07) is 0. The van der Waals surface area contributed by atoms with Crippen LogP contribution in [0.15, 0.2) is 18.9 Å². The van der Waals surface area contributed by atoms with E-state index in [1.807, 2.05) is 19.2 Å². The molecule has 0 saturated carbocycles. The summed E-state index contributed by atoms with van der Waals surface area (Å²) in [6.45, 7) is 8.28. The molecule has 4 nitrogen and oxygen atoms in total. The van der Waals surface area contributed by atoms with Crippen molar-refractivity contribution in [3.05, 3.63) is 24.5 Å². The third-order valence-electron chi connectivity index (χ3n) is 2.98. The number of aromatic nitrogens is 2. The zero-order valence-corrected chi connectivity index (χ0v) is 10.5. The molecule has 4 heteroatoms. The molecule has 1 N–H and O–H groups in total. The number of aryl methyl sites for hydroxylation is 1. The van der Waals surface area contributed by atoms with E-state index in [4.69, 9.17) is 4.74 Å². The van der Waals surface area contributed by atoms with Crippen LogP contribution in [0.3, 0.4) is 0 Å². The molecule has 0 spiro atoms. The fraction of sp³-hybridized carbons (Fsp3) is 0.615. The molecule has 1 aliphatic rings. The van der Waals surface area contributed by atoms with Gasteiger partial charge >= 0.3 is 0 Å². The van der Waals surface area contributed by atoms with Crippen molar-refractivity contribution >= 4 is 5.95 Å². The number of ether oxygens (including phenoxy) is 1. The van der Waals surface area contributed by atoms with Crippen molar-refractivity contribution < 1.29 is 4.74 Å². The third-order valence-corrected chi connectivity index (χ3v) is 2.98. The summed E-state index contributed by atoms with van der Waals surface area (Å²) in [5.41, 5.74) is 1.03. The fourth-order valence-corrected chi connectivity index (χ4v) is 2.14. The average molecular weight is 235 g/mol. The quantitative estimate of drug-likeness (QED) is 0.796. The molecule has 1 fully saturated rings. The Hall–Kier alpha value is -1.29. The molecule has 1 unspecified atom stereocenters. The van der Waals surface area contributed by atoms with Gasteiger partial charge in [-0.05, 0) is 26.2 Å². The summed E-state index contributed by atoms with van der Waals surface area (Å²) in [5.74, 6) is 0.913. The molecule has 2 rings (SSSR count). The van der Waals surface area contributed by atoms with Crippen molar-refractivity contribution in [1.82, 2.24) is 9.55 Å². The number of nitrogens with one attached hydrogen (secondary N) is 1. The largest absolute Gasteiger partial charge is 0.376 e. The van der Waals surface area contributed by atoms with Crippen LogP contribution in [0, 0.1) is 6.92 Å². The van der Waals surface area contributed by atoms with Gasteiger partial charge in [-0.15, -0.1) is 6.58 Å².